The number of thiazole rings is 1. The molecule has 1 aliphatic rings. The number of benzene rings is 2. The van der Waals surface area contributed by atoms with E-state index in [0.29, 0.717) is 33.9 Å². The highest BCUT2D eigenvalue weighted by atomic mass is 32.2. The molecule has 0 spiro atoms. The van der Waals surface area contributed by atoms with Gasteiger partial charge in [-0.15, -0.1) is 0 Å². The molecule has 1 aromatic heterocycles. The second kappa shape index (κ2) is 8.31. The van der Waals surface area contributed by atoms with Crippen molar-refractivity contribution in [3.8, 4) is 0 Å². The lowest BCUT2D eigenvalue weighted by molar-refractivity contribution is -0.122. The van der Waals surface area contributed by atoms with Gasteiger partial charge in [0.2, 0.25) is 11.8 Å². The Morgan fingerprint density at radius 3 is 2.87 bits per heavy atom. The number of nitrogens with one attached hydrogen (secondary N) is 1. The van der Waals surface area contributed by atoms with Crippen LogP contribution in [0.1, 0.15) is 17.5 Å². The van der Waals surface area contributed by atoms with Crippen LogP contribution in [0.2, 0.25) is 0 Å². The van der Waals surface area contributed by atoms with Crippen molar-refractivity contribution in [3.05, 3.63) is 47.5 Å². The molecular formula is C21H19F2N3O2S2. The zero-order valence-electron chi connectivity index (χ0n) is 16.3. The van der Waals surface area contributed by atoms with Crippen LogP contribution in [-0.4, -0.2) is 29.1 Å². The van der Waals surface area contributed by atoms with Crippen molar-refractivity contribution in [1.82, 2.24) is 4.98 Å². The predicted octanol–water partition coefficient (Wildman–Crippen LogP) is 5.22. The molecule has 0 saturated carbocycles. The Balaban J connectivity index is 1.47. The van der Waals surface area contributed by atoms with Gasteiger partial charge in [-0.05, 0) is 49.2 Å². The highest BCUT2D eigenvalue weighted by Crippen LogP contribution is 2.34. The van der Waals surface area contributed by atoms with E-state index in [1.165, 1.54) is 11.3 Å². The molecule has 2 aromatic carbocycles. The van der Waals surface area contributed by atoms with E-state index in [4.69, 9.17) is 0 Å². The number of aryl methyl sites for hydroxylation is 1. The lowest BCUT2D eigenvalue weighted by Gasteiger charge is -2.20. The average molecular weight is 448 g/mol. The Morgan fingerprint density at radius 2 is 2.10 bits per heavy atom. The summed E-state index contributed by atoms with van der Waals surface area (Å²) >= 11 is 1.70. The van der Waals surface area contributed by atoms with Gasteiger partial charge >= 0.3 is 0 Å². The van der Waals surface area contributed by atoms with Gasteiger partial charge in [-0.3, -0.25) is 9.59 Å². The minimum absolute atomic E-state index is 0.0817. The molecule has 156 valence electrons. The summed E-state index contributed by atoms with van der Waals surface area (Å²) in [5.41, 5.74) is 3.58. The Labute approximate surface area is 180 Å². The number of thioether (sulfide) groups is 1. The van der Waals surface area contributed by atoms with Gasteiger partial charge in [0.15, 0.2) is 5.13 Å². The zero-order chi connectivity index (χ0) is 21.4. The summed E-state index contributed by atoms with van der Waals surface area (Å²) in [5, 5.41) is 3.18. The van der Waals surface area contributed by atoms with E-state index in [2.05, 4.69) is 10.3 Å². The van der Waals surface area contributed by atoms with Crippen molar-refractivity contribution >= 4 is 55.9 Å². The van der Waals surface area contributed by atoms with Gasteiger partial charge in [0.25, 0.3) is 5.76 Å². The number of rotatable bonds is 5. The summed E-state index contributed by atoms with van der Waals surface area (Å²) in [6, 6.07) is 10.7. The van der Waals surface area contributed by atoms with Gasteiger partial charge in [-0.25, -0.2) is 4.98 Å². The number of halogens is 2. The molecule has 3 aromatic rings. The number of aromatic nitrogens is 1. The van der Waals surface area contributed by atoms with Crippen molar-refractivity contribution < 1.29 is 18.4 Å². The smallest absolute Gasteiger partial charge is 0.288 e. The molecule has 1 unspecified atom stereocenters. The Morgan fingerprint density at radius 1 is 1.30 bits per heavy atom. The molecule has 1 N–H and O–H groups in total. The standard InChI is InChI=1S/C21H19F2N3O2S2/c1-11-4-3-5-16(12(11)2)26-10-13(8-18(26)27)19(28)25-21-24-15-7-6-14(29-20(22)23)9-17(15)30-21/h3-7,9,13,20H,8,10H2,1-2H3,(H,24,25,28). The van der Waals surface area contributed by atoms with E-state index in [-0.39, 0.29) is 18.2 Å². The highest BCUT2D eigenvalue weighted by Gasteiger charge is 2.36. The molecule has 1 atom stereocenters. The van der Waals surface area contributed by atoms with Crippen LogP contribution in [0.15, 0.2) is 41.3 Å². The molecule has 9 heteroatoms. The first kappa shape index (κ1) is 20.7. The van der Waals surface area contributed by atoms with Gasteiger partial charge in [-0.1, -0.05) is 35.2 Å². The number of alkyl halides is 2. The number of anilines is 2. The quantitative estimate of drug-likeness (QED) is 0.545. The lowest BCUT2D eigenvalue weighted by atomic mass is 10.1. The molecule has 1 saturated heterocycles. The fourth-order valence-electron chi connectivity index (χ4n) is 3.49. The molecular weight excluding hydrogens is 428 g/mol. The van der Waals surface area contributed by atoms with Crippen LogP contribution in [-0.2, 0) is 9.59 Å². The Bertz CT molecular complexity index is 1130. The molecule has 0 aliphatic carbocycles. The minimum atomic E-state index is -2.49. The van der Waals surface area contributed by atoms with Crippen LogP contribution >= 0.6 is 23.1 Å². The maximum atomic E-state index is 12.8. The number of carbonyl (C=O) groups is 2. The zero-order valence-corrected chi connectivity index (χ0v) is 17.9. The lowest BCUT2D eigenvalue weighted by Crippen LogP contribution is -2.28. The predicted molar refractivity (Wildman–Crippen MR) is 116 cm³/mol. The van der Waals surface area contributed by atoms with E-state index in [0.717, 1.165) is 21.5 Å². The fourth-order valence-corrected chi connectivity index (χ4v) is 5.01. The highest BCUT2D eigenvalue weighted by molar-refractivity contribution is 7.99. The molecule has 0 radical (unpaired) electrons. The SMILES string of the molecule is Cc1cccc(N2CC(C(=O)Nc3nc4ccc(SC(F)F)cc4s3)CC2=O)c1C. The monoisotopic (exact) mass is 447 g/mol. The largest absolute Gasteiger partial charge is 0.311 e. The van der Waals surface area contributed by atoms with E-state index >= 15 is 0 Å². The van der Waals surface area contributed by atoms with E-state index in [9.17, 15) is 18.4 Å². The molecule has 4 rings (SSSR count). The number of hydrogen-bond acceptors (Lipinski definition) is 5. The third-order valence-corrected chi connectivity index (χ3v) is 6.82. The Hall–Kier alpha value is -2.52. The topological polar surface area (TPSA) is 62.3 Å². The molecule has 1 fully saturated rings. The second-order valence-corrected chi connectivity index (χ2v) is 9.23. The number of nitrogens with zero attached hydrogens (tertiary/aromatic N) is 2. The normalized spacial score (nSPS) is 16.6. The molecule has 0 bridgehead atoms. The number of amides is 2. The number of carbonyl (C=O) groups excluding carboxylic acids is 2. The van der Waals surface area contributed by atoms with Crippen LogP contribution < -0.4 is 10.2 Å². The van der Waals surface area contributed by atoms with Crippen LogP contribution in [0.25, 0.3) is 10.2 Å². The fraction of sp³-hybridized carbons (Fsp3) is 0.286. The van der Waals surface area contributed by atoms with E-state index in [1.807, 2.05) is 32.0 Å². The number of fused-ring (bicyclic) bond motifs is 1. The summed E-state index contributed by atoms with van der Waals surface area (Å²) in [7, 11) is 0. The summed E-state index contributed by atoms with van der Waals surface area (Å²) in [4.78, 5) is 31.8. The first-order chi connectivity index (χ1) is 14.3. The Kier molecular flexibility index (Phi) is 5.75. The van der Waals surface area contributed by atoms with Crippen LogP contribution in [0, 0.1) is 19.8 Å². The van der Waals surface area contributed by atoms with Gasteiger partial charge in [0, 0.05) is 23.5 Å². The van der Waals surface area contributed by atoms with Crippen molar-refractivity contribution in [3.63, 3.8) is 0 Å². The van der Waals surface area contributed by atoms with Gasteiger partial charge < -0.3 is 10.2 Å². The first-order valence-electron chi connectivity index (χ1n) is 9.34. The summed E-state index contributed by atoms with van der Waals surface area (Å²) in [5.74, 6) is -3.32. The third-order valence-electron chi connectivity index (χ3n) is 5.18. The van der Waals surface area contributed by atoms with Crippen molar-refractivity contribution in [2.75, 3.05) is 16.8 Å². The molecule has 2 heterocycles. The van der Waals surface area contributed by atoms with E-state index < -0.39 is 11.7 Å². The second-order valence-electron chi connectivity index (χ2n) is 7.14. The van der Waals surface area contributed by atoms with Gasteiger partial charge in [-0.2, -0.15) is 8.78 Å². The molecule has 1 aliphatic heterocycles. The van der Waals surface area contributed by atoms with Crippen molar-refractivity contribution in [1.29, 1.82) is 0 Å². The maximum absolute atomic E-state index is 12.8. The third kappa shape index (κ3) is 4.17. The summed E-state index contributed by atoms with van der Waals surface area (Å²) < 4.78 is 25.8. The maximum Gasteiger partial charge on any atom is 0.288 e. The first-order valence-corrected chi connectivity index (χ1v) is 11.0. The van der Waals surface area contributed by atoms with E-state index in [1.54, 1.807) is 23.1 Å². The van der Waals surface area contributed by atoms with Crippen LogP contribution in [0.3, 0.4) is 0 Å². The molecule has 30 heavy (non-hydrogen) atoms. The van der Waals surface area contributed by atoms with Crippen LogP contribution in [0.4, 0.5) is 19.6 Å². The number of hydrogen-bond donors (Lipinski definition) is 1. The summed E-state index contributed by atoms with van der Waals surface area (Å²) in [6.07, 6.45) is 0.138. The van der Waals surface area contributed by atoms with Gasteiger partial charge in [0.1, 0.15) is 0 Å². The minimum Gasteiger partial charge on any atom is -0.311 e. The molecule has 2 amide bonds. The van der Waals surface area contributed by atoms with Crippen molar-refractivity contribution in [2.24, 2.45) is 5.92 Å². The average Bonchev–Trinajstić information content (AvgIpc) is 3.26. The van der Waals surface area contributed by atoms with Crippen LogP contribution in [0.5, 0.6) is 0 Å². The summed E-state index contributed by atoms with van der Waals surface area (Å²) in [6.45, 7) is 4.27. The van der Waals surface area contributed by atoms with Gasteiger partial charge in [0.05, 0.1) is 16.1 Å². The molecule has 5 nitrogen and oxygen atoms in total. The van der Waals surface area contributed by atoms with Crippen molar-refractivity contribution in [2.45, 2.75) is 30.9 Å².